The smallest absolute Gasteiger partial charge is 0.213 e. The van der Waals surface area contributed by atoms with Gasteiger partial charge in [-0.3, -0.25) is 0 Å². The Labute approximate surface area is 79.5 Å². The van der Waals surface area contributed by atoms with Crippen LogP contribution in [0.3, 0.4) is 0 Å². The van der Waals surface area contributed by atoms with Gasteiger partial charge in [0.25, 0.3) is 0 Å². The fourth-order valence-electron chi connectivity index (χ4n) is 0.868. The molecule has 66 valence electrons. The Bertz CT molecular complexity index is 276. The van der Waals surface area contributed by atoms with Crippen molar-refractivity contribution in [3.63, 3.8) is 0 Å². The van der Waals surface area contributed by atoms with E-state index in [0.29, 0.717) is 6.54 Å². The van der Waals surface area contributed by atoms with Gasteiger partial charge in [-0.2, -0.15) is 4.39 Å². The summed E-state index contributed by atoms with van der Waals surface area (Å²) in [6.07, 6.45) is 0. The van der Waals surface area contributed by atoms with Gasteiger partial charge in [0.1, 0.15) is 0 Å². The average molecular weight is 233 g/mol. The van der Waals surface area contributed by atoms with Gasteiger partial charge in [-0.25, -0.2) is 4.98 Å². The van der Waals surface area contributed by atoms with Crippen LogP contribution in [0.5, 0.6) is 0 Å². The second-order valence-corrected chi connectivity index (χ2v) is 3.65. The average Bonchev–Trinajstić information content (AvgIpc) is 1.96. The molecule has 1 aromatic heterocycles. The molecule has 0 fully saturated rings. The van der Waals surface area contributed by atoms with Gasteiger partial charge in [-0.05, 0) is 42.2 Å². The highest BCUT2D eigenvalue weighted by molar-refractivity contribution is 9.10. The molecule has 0 saturated heterocycles. The molecule has 1 aromatic rings. The van der Waals surface area contributed by atoms with Crippen molar-refractivity contribution < 1.29 is 4.39 Å². The van der Waals surface area contributed by atoms with Crippen LogP contribution >= 0.6 is 15.9 Å². The molecule has 4 heteroatoms. The van der Waals surface area contributed by atoms with Crippen molar-refractivity contribution in [2.24, 2.45) is 0 Å². The second kappa shape index (κ2) is 3.96. The van der Waals surface area contributed by atoms with E-state index in [0.717, 1.165) is 10.2 Å². The largest absolute Gasteiger partial charge is 0.304 e. The monoisotopic (exact) mass is 232 g/mol. The normalized spacial score (nSPS) is 10.8. The Kier molecular flexibility index (Phi) is 3.17. The lowest BCUT2D eigenvalue weighted by Crippen LogP contribution is -2.12. The number of hydrogen-bond donors (Lipinski definition) is 0. The molecule has 0 unspecified atom stereocenters. The van der Waals surface area contributed by atoms with Crippen LogP contribution in [0.1, 0.15) is 5.69 Å². The number of rotatable bonds is 2. The molecule has 2 nitrogen and oxygen atoms in total. The molecule has 0 radical (unpaired) electrons. The molecule has 0 aliphatic heterocycles. The van der Waals surface area contributed by atoms with Gasteiger partial charge in [0.2, 0.25) is 5.95 Å². The van der Waals surface area contributed by atoms with E-state index in [1.165, 1.54) is 6.07 Å². The minimum Gasteiger partial charge on any atom is -0.304 e. The van der Waals surface area contributed by atoms with Gasteiger partial charge >= 0.3 is 0 Å². The van der Waals surface area contributed by atoms with Crippen molar-refractivity contribution in [2.75, 3.05) is 14.1 Å². The molecular formula is C8H10BrFN2. The fourth-order valence-corrected chi connectivity index (χ4v) is 1.21. The molecular weight excluding hydrogens is 223 g/mol. The summed E-state index contributed by atoms with van der Waals surface area (Å²) in [6.45, 7) is 0.637. The van der Waals surface area contributed by atoms with E-state index in [1.807, 2.05) is 19.0 Å². The number of nitrogens with zero attached hydrogens (tertiary/aromatic N) is 2. The molecule has 1 rings (SSSR count). The van der Waals surface area contributed by atoms with Crippen molar-refractivity contribution in [3.8, 4) is 0 Å². The Morgan fingerprint density at radius 2 is 2.17 bits per heavy atom. The zero-order chi connectivity index (χ0) is 9.14. The predicted octanol–water partition coefficient (Wildman–Crippen LogP) is 2.04. The van der Waals surface area contributed by atoms with Gasteiger partial charge < -0.3 is 4.90 Å². The Hall–Kier alpha value is -0.480. The third kappa shape index (κ3) is 2.53. The summed E-state index contributed by atoms with van der Waals surface area (Å²) in [5, 5.41) is 0. The maximum atomic E-state index is 12.6. The van der Waals surface area contributed by atoms with Crippen molar-refractivity contribution in [3.05, 3.63) is 28.2 Å². The summed E-state index contributed by atoms with van der Waals surface area (Å²) in [4.78, 5) is 5.69. The fraction of sp³-hybridized carbons (Fsp3) is 0.375. The van der Waals surface area contributed by atoms with Crippen molar-refractivity contribution in [1.82, 2.24) is 9.88 Å². The maximum absolute atomic E-state index is 12.6. The van der Waals surface area contributed by atoms with Crippen LogP contribution in [0.2, 0.25) is 0 Å². The minimum atomic E-state index is -0.435. The van der Waals surface area contributed by atoms with Crippen LogP contribution in [0.4, 0.5) is 4.39 Å². The lowest BCUT2D eigenvalue weighted by atomic mass is 10.3. The van der Waals surface area contributed by atoms with E-state index >= 15 is 0 Å². The number of pyridine rings is 1. The molecule has 0 atom stereocenters. The summed E-state index contributed by atoms with van der Waals surface area (Å²) in [7, 11) is 3.83. The summed E-state index contributed by atoms with van der Waals surface area (Å²) in [5.74, 6) is -0.435. The third-order valence-electron chi connectivity index (χ3n) is 1.35. The second-order valence-electron chi connectivity index (χ2n) is 2.80. The predicted molar refractivity (Wildman–Crippen MR) is 49.3 cm³/mol. The van der Waals surface area contributed by atoms with Crippen LogP contribution < -0.4 is 0 Å². The highest BCUT2D eigenvalue weighted by Crippen LogP contribution is 2.15. The summed E-state index contributed by atoms with van der Waals surface area (Å²) >= 11 is 3.30. The van der Waals surface area contributed by atoms with Crippen molar-refractivity contribution in [2.45, 2.75) is 6.54 Å². The van der Waals surface area contributed by atoms with Crippen molar-refractivity contribution >= 4 is 15.9 Å². The molecule has 0 bridgehead atoms. The van der Waals surface area contributed by atoms with E-state index in [2.05, 4.69) is 20.9 Å². The van der Waals surface area contributed by atoms with Gasteiger partial charge in [0.05, 0.1) is 5.69 Å². The van der Waals surface area contributed by atoms with E-state index in [9.17, 15) is 4.39 Å². The molecule has 1 heterocycles. The maximum Gasteiger partial charge on any atom is 0.213 e. The SMILES string of the molecule is CN(C)Cc1nc(F)ccc1Br. The lowest BCUT2D eigenvalue weighted by molar-refractivity contribution is 0.392. The molecule has 0 N–H and O–H groups in total. The first-order chi connectivity index (χ1) is 5.59. The Morgan fingerprint density at radius 3 is 2.75 bits per heavy atom. The van der Waals surface area contributed by atoms with Crippen LogP contribution in [0.25, 0.3) is 0 Å². The Morgan fingerprint density at radius 1 is 1.50 bits per heavy atom. The minimum absolute atomic E-state index is 0.435. The van der Waals surface area contributed by atoms with Crippen LogP contribution in [-0.4, -0.2) is 24.0 Å². The first kappa shape index (κ1) is 9.61. The quantitative estimate of drug-likeness (QED) is 0.726. The summed E-state index contributed by atoms with van der Waals surface area (Å²) in [5.41, 5.74) is 0.722. The standard InChI is InChI=1S/C8H10BrFN2/c1-12(2)5-7-6(9)3-4-8(10)11-7/h3-4H,5H2,1-2H3. The van der Waals surface area contributed by atoms with Crippen LogP contribution in [0, 0.1) is 5.95 Å². The van der Waals surface area contributed by atoms with Crippen molar-refractivity contribution in [1.29, 1.82) is 0 Å². The summed E-state index contributed by atoms with van der Waals surface area (Å²) < 4.78 is 13.5. The lowest BCUT2D eigenvalue weighted by Gasteiger charge is -2.09. The molecule has 0 aliphatic rings. The first-order valence-electron chi connectivity index (χ1n) is 3.55. The van der Waals surface area contributed by atoms with E-state index in [1.54, 1.807) is 6.07 Å². The van der Waals surface area contributed by atoms with Crippen LogP contribution in [-0.2, 0) is 6.54 Å². The highest BCUT2D eigenvalue weighted by atomic mass is 79.9. The Balaban J connectivity index is 2.90. The molecule has 0 amide bonds. The van der Waals surface area contributed by atoms with E-state index < -0.39 is 5.95 Å². The van der Waals surface area contributed by atoms with E-state index in [-0.39, 0.29) is 0 Å². The zero-order valence-corrected chi connectivity index (χ0v) is 8.60. The third-order valence-corrected chi connectivity index (χ3v) is 2.07. The van der Waals surface area contributed by atoms with Gasteiger partial charge in [0, 0.05) is 11.0 Å². The number of aromatic nitrogens is 1. The van der Waals surface area contributed by atoms with Gasteiger partial charge in [-0.15, -0.1) is 0 Å². The zero-order valence-electron chi connectivity index (χ0n) is 7.01. The molecule has 0 spiro atoms. The first-order valence-corrected chi connectivity index (χ1v) is 4.34. The number of hydrogen-bond acceptors (Lipinski definition) is 2. The van der Waals surface area contributed by atoms with Crippen LogP contribution in [0.15, 0.2) is 16.6 Å². The summed E-state index contributed by atoms with van der Waals surface area (Å²) in [6, 6.07) is 3.00. The molecule has 0 saturated carbocycles. The van der Waals surface area contributed by atoms with E-state index in [4.69, 9.17) is 0 Å². The molecule has 0 aromatic carbocycles. The number of halogens is 2. The highest BCUT2D eigenvalue weighted by Gasteiger charge is 2.03. The topological polar surface area (TPSA) is 16.1 Å². The van der Waals surface area contributed by atoms with Gasteiger partial charge in [0.15, 0.2) is 0 Å². The van der Waals surface area contributed by atoms with Gasteiger partial charge in [-0.1, -0.05) is 0 Å². The molecule has 0 aliphatic carbocycles. The molecule has 12 heavy (non-hydrogen) atoms.